The first-order valence-electron chi connectivity index (χ1n) is 12.0. The van der Waals surface area contributed by atoms with Gasteiger partial charge in [-0.3, -0.25) is 10.3 Å². The number of rotatable bonds is 7. The van der Waals surface area contributed by atoms with E-state index in [1.165, 1.54) is 18.2 Å². The molecule has 0 radical (unpaired) electrons. The van der Waals surface area contributed by atoms with Crippen molar-refractivity contribution in [2.24, 2.45) is 0 Å². The SMILES string of the molecule is C=C/C=C(\C=C(C)C)C(=N)c1cc2c(cc1N)NC(=C)N([C@@H]1CCN(Cc3c(F)cccc3F)C1)C2. The molecular weight excluding hydrogens is 456 g/mol. The van der Waals surface area contributed by atoms with Gasteiger partial charge in [0.25, 0.3) is 0 Å². The van der Waals surface area contributed by atoms with Crippen molar-refractivity contribution in [1.29, 1.82) is 5.41 Å². The Morgan fingerprint density at radius 1 is 1.25 bits per heavy atom. The second-order valence-electron chi connectivity index (χ2n) is 9.63. The first-order chi connectivity index (χ1) is 17.2. The lowest BCUT2D eigenvalue weighted by molar-refractivity contribution is 0.227. The Morgan fingerprint density at radius 2 is 1.97 bits per heavy atom. The molecule has 1 saturated heterocycles. The minimum atomic E-state index is -0.512. The van der Waals surface area contributed by atoms with Crippen LogP contribution in [-0.2, 0) is 13.1 Å². The molecule has 0 spiro atoms. The largest absolute Gasteiger partial charge is 0.398 e. The number of anilines is 2. The summed E-state index contributed by atoms with van der Waals surface area (Å²) in [6, 6.07) is 7.96. The van der Waals surface area contributed by atoms with Crippen molar-refractivity contribution < 1.29 is 8.78 Å². The van der Waals surface area contributed by atoms with Crippen molar-refractivity contribution in [2.75, 3.05) is 24.1 Å². The van der Waals surface area contributed by atoms with Gasteiger partial charge in [0.15, 0.2) is 0 Å². The topological polar surface area (TPSA) is 68.4 Å². The molecule has 2 aromatic carbocycles. The van der Waals surface area contributed by atoms with E-state index in [4.69, 9.17) is 11.1 Å². The monoisotopic (exact) mass is 489 g/mol. The molecule has 4 rings (SSSR count). The van der Waals surface area contributed by atoms with Gasteiger partial charge in [-0.15, -0.1) is 0 Å². The zero-order chi connectivity index (χ0) is 26.0. The summed E-state index contributed by atoms with van der Waals surface area (Å²) in [6.45, 7) is 14.2. The maximum absolute atomic E-state index is 14.2. The Bertz CT molecular complexity index is 1250. The lowest BCUT2D eigenvalue weighted by Gasteiger charge is -2.38. The Labute approximate surface area is 211 Å². The zero-order valence-corrected chi connectivity index (χ0v) is 20.9. The van der Waals surface area contributed by atoms with Crippen LogP contribution in [0.2, 0.25) is 0 Å². The van der Waals surface area contributed by atoms with Gasteiger partial charge in [-0.2, -0.15) is 0 Å². The number of nitrogen functional groups attached to an aromatic ring is 1. The molecule has 2 heterocycles. The van der Waals surface area contributed by atoms with Crippen molar-refractivity contribution in [2.45, 2.75) is 39.4 Å². The number of halogens is 2. The van der Waals surface area contributed by atoms with Gasteiger partial charge in [0, 0.05) is 54.7 Å². The molecule has 36 heavy (non-hydrogen) atoms. The van der Waals surface area contributed by atoms with Crippen molar-refractivity contribution in [3.63, 3.8) is 0 Å². The predicted molar refractivity (Wildman–Crippen MR) is 144 cm³/mol. The minimum Gasteiger partial charge on any atom is -0.398 e. The van der Waals surface area contributed by atoms with Crippen molar-refractivity contribution in [1.82, 2.24) is 9.80 Å². The van der Waals surface area contributed by atoms with Gasteiger partial charge in [0.2, 0.25) is 0 Å². The quantitative estimate of drug-likeness (QED) is 0.255. The molecule has 2 aromatic rings. The molecule has 0 aromatic heterocycles. The van der Waals surface area contributed by atoms with Crippen LogP contribution < -0.4 is 11.1 Å². The highest BCUT2D eigenvalue weighted by atomic mass is 19.1. The standard InChI is InChI=1S/C29H33F2N5/c1-5-7-20(12-18(2)3)29(33)23-13-21-15-36(19(4)34-28(21)14-27(23)32)22-10-11-35(16-22)17-24-25(30)8-6-9-26(24)31/h5-9,12-14,22,33-34H,1,4,10-11,15-17,32H2,2-3H3/b20-7+,33-29?/t22-/m1/s1. The Hall–Kier alpha value is -3.71. The van der Waals surface area contributed by atoms with Gasteiger partial charge in [-0.25, -0.2) is 8.78 Å². The maximum atomic E-state index is 14.2. The molecule has 1 atom stereocenters. The third-order valence-electron chi connectivity index (χ3n) is 6.67. The fourth-order valence-electron chi connectivity index (χ4n) is 4.89. The van der Waals surface area contributed by atoms with Crippen LogP contribution in [0.5, 0.6) is 0 Å². The van der Waals surface area contributed by atoms with Crippen LogP contribution in [0.3, 0.4) is 0 Å². The Morgan fingerprint density at radius 3 is 2.64 bits per heavy atom. The van der Waals surface area contributed by atoms with E-state index < -0.39 is 11.6 Å². The summed E-state index contributed by atoms with van der Waals surface area (Å²) in [6.07, 6.45) is 6.29. The second kappa shape index (κ2) is 10.5. The van der Waals surface area contributed by atoms with Crippen LogP contribution in [-0.4, -0.2) is 34.6 Å². The normalized spacial score (nSPS) is 18.0. The summed E-state index contributed by atoms with van der Waals surface area (Å²) in [5, 5.41) is 12.2. The number of likely N-dealkylation sites (tertiary alicyclic amines) is 1. The molecular formula is C29H33F2N5. The molecule has 4 N–H and O–H groups in total. The highest BCUT2D eigenvalue weighted by molar-refractivity contribution is 6.15. The molecule has 0 aliphatic carbocycles. The molecule has 2 aliphatic heterocycles. The first kappa shape index (κ1) is 25.4. The minimum absolute atomic E-state index is 0.109. The van der Waals surface area contributed by atoms with Gasteiger partial charge in [-0.05, 0) is 55.7 Å². The predicted octanol–water partition coefficient (Wildman–Crippen LogP) is 5.97. The van der Waals surface area contributed by atoms with Gasteiger partial charge in [0.05, 0.1) is 11.5 Å². The van der Waals surface area contributed by atoms with Gasteiger partial charge in [0.1, 0.15) is 11.6 Å². The molecule has 7 heteroatoms. The first-order valence-corrected chi connectivity index (χ1v) is 12.0. The maximum Gasteiger partial charge on any atom is 0.130 e. The van der Waals surface area contributed by atoms with E-state index in [0.29, 0.717) is 30.1 Å². The van der Waals surface area contributed by atoms with E-state index in [2.05, 4.69) is 28.3 Å². The van der Waals surface area contributed by atoms with E-state index in [9.17, 15) is 8.78 Å². The molecule has 1 fully saturated rings. The highest BCUT2D eigenvalue weighted by Gasteiger charge is 2.32. The van der Waals surface area contributed by atoms with E-state index in [0.717, 1.165) is 41.2 Å². The Balaban J connectivity index is 1.53. The van der Waals surface area contributed by atoms with E-state index in [1.807, 2.05) is 38.1 Å². The van der Waals surface area contributed by atoms with Crippen LogP contribution in [0.1, 0.15) is 37.0 Å². The van der Waals surface area contributed by atoms with Crippen LogP contribution >= 0.6 is 0 Å². The van der Waals surface area contributed by atoms with E-state index in [1.54, 1.807) is 6.08 Å². The van der Waals surface area contributed by atoms with Gasteiger partial charge < -0.3 is 16.0 Å². The number of nitrogens with zero attached hydrogens (tertiary/aromatic N) is 2. The average Bonchev–Trinajstić information content (AvgIpc) is 3.28. The number of hydrogen-bond acceptors (Lipinski definition) is 5. The summed E-state index contributed by atoms with van der Waals surface area (Å²) in [4.78, 5) is 4.27. The van der Waals surface area contributed by atoms with Crippen molar-refractivity contribution in [3.8, 4) is 0 Å². The molecule has 0 bridgehead atoms. The van der Waals surface area contributed by atoms with Crippen LogP contribution in [0, 0.1) is 17.0 Å². The molecule has 0 unspecified atom stereocenters. The molecule has 2 aliphatic rings. The third kappa shape index (κ3) is 5.26. The summed E-state index contributed by atoms with van der Waals surface area (Å²) in [5.74, 6) is -0.255. The fourth-order valence-corrected chi connectivity index (χ4v) is 4.89. The average molecular weight is 490 g/mol. The lowest BCUT2D eigenvalue weighted by Crippen LogP contribution is -2.41. The Kier molecular flexibility index (Phi) is 7.40. The second-order valence-corrected chi connectivity index (χ2v) is 9.63. The fraction of sp³-hybridized carbons (Fsp3) is 0.276. The lowest BCUT2D eigenvalue weighted by atomic mass is 9.95. The van der Waals surface area contributed by atoms with E-state index in [-0.39, 0.29) is 18.2 Å². The number of nitrogens with one attached hydrogen (secondary N) is 2. The van der Waals surface area contributed by atoms with E-state index >= 15 is 0 Å². The van der Waals surface area contributed by atoms with Crippen molar-refractivity contribution in [3.05, 3.63) is 107 Å². The number of hydrogen-bond donors (Lipinski definition) is 3. The van der Waals surface area contributed by atoms with Crippen molar-refractivity contribution >= 4 is 17.1 Å². The van der Waals surface area contributed by atoms with Crippen LogP contribution in [0.15, 0.2) is 78.7 Å². The van der Waals surface area contributed by atoms with Crippen LogP contribution in [0.4, 0.5) is 20.2 Å². The summed E-state index contributed by atoms with van der Waals surface area (Å²) in [7, 11) is 0. The van der Waals surface area contributed by atoms with Gasteiger partial charge >= 0.3 is 0 Å². The molecule has 5 nitrogen and oxygen atoms in total. The number of nitrogens with two attached hydrogens (primary N) is 1. The summed E-state index contributed by atoms with van der Waals surface area (Å²) < 4.78 is 28.3. The highest BCUT2D eigenvalue weighted by Crippen LogP contribution is 2.34. The van der Waals surface area contributed by atoms with Gasteiger partial charge in [-0.1, -0.05) is 43.0 Å². The third-order valence-corrected chi connectivity index (χ3v) is 6.67. The summed E-state index contributed by atoms with van der Waals surface area (Å²) in [5.41, 5.74) is 11.7. The summed E-state index contributed by atoms with van der Waals surface area (Å²) >= 11 is 0. The van der Waals surface area contributed by atoms with Crippen LogP contribution in [0.25, 0.3) is 0 Å². The molecule has 188 valence electrons. The zero-order valence-electron chi connectivity index (χ0n) is 20.9. The number of benzene rings is 2. The molecule has 0 saturated carbocycles. The number of fused-ring (bicyclic) bond motifs is 1. The number of allylic oxidation sites excluding steroid dienone is 5. The molecule has 0 amide bonds. The smallest absolute Gasteiger partial charge is 0.130 e.